The number of hydrogen-bond acceptors (Lipinski definition) is 4. The lowest BCUT2D eigenvalue weighted by atomic mass is 10.0. The Morgan fingerprint density at radius 3 is 2.26 bits per heavy atom. The van der Waals surface area contributed by atoms with Crippen molar-refractivity contribution >= 4 is 9.84 Å². The van der Waals surface area contributed by atoms with Crippen molar-refractivity contribution in [3.05, 3.63) is 28.8 Å². The van der Waals surface area contributed by atoms with Gasteiger partial charge in [0.25, 0.3) is 0 Å². The van der Waals surface area contributed by atoms with Crippen LogP contribution in [0.5, 0.6) is 5.75 Å². The summed E-state index contributed by atoms with van der Waals surface area (Å²) in [5.41, 5.74) is 2.89. The number of rotatable bonds is 6. The number of nitrogens with one attached hydrogen (secondary N) is 1. The average molecular weight is 285 g/mol. The van der Waals surface area contributed by atoms with Crippen LogP contribution in [0.3, 0.4) is 0 Å². The zero-order chi connectivity index (χ0) is 14.6. The van der Waals surface area contributed by atoms with E-state index in [4.69, 9.17) is 0 Å². The van der Waals surface area contributed by atoms with Crippen LogP contribution >= 0.6 is 0 Å². The van der Waals surface area contributed by atoms with Crippen LogP contribution in [0.4, 0.5) is 0 Å². The SMILES string of the molecule is Cc1cc(CCNC(C)CS(C)(=O)=O)cc(C)c1O. The van der Waals surface area contributed by atoms with Gasteiger partial charge in [0.2, 0.25) is 0 Å². The maximum Gasteiger partial charge on any atom is 0.148 e. The van der Waals surface area contributed by atoms with Crippen LogP contribution < -0.4 is 5.32 Å². The van der Waals surface area contributed by atoms with E-state index in [0.29, 0.717) is 5.75 Å². The smallest absolute Gasteiger partial charge is 0.148 e. The van der Waals surface area contributed by atoms with Crippen molar-refractivity contribution in [3.63, 3.8) is 0 Å². The summed E-state index contributed by atoms with van der Waals surface area (Å²) < 4.78 is 22.3. The molecule has 0 heterocycles. The van der Waals surface area contributed by atoms with Crippen molar-refractivity contribution in [1.82, 2.24) is 5.32 Å². The first kappa shape index (κ1) is 16.0. The summed E-state index contributed by atoms with van der Waals surface area (Å²) in [7, 11) is -2.93. The monoisotopic (exact) mass is 285 g/mol. The minimum Gasteiger partial charge on any atom is -0.507 e. The third kappa shape index (κ3) is 5.61. The third-order valence-corrected chi connectivity index (χ3v) is 4.12. The molecule has 0 aliphatic rings. The third-order valence-electron chi connectivity index (χ3n) is 3.01. The van der Waals surface area contributed by atoms with Gasteiger partial charge in [-0.1, -0.05) is 12.1 Å². The zero-order valence-corrected chi connectivity index (χ0v) is 12.8. The van der Waals surface area contributed by atoms with E-state index in [9.17, 15) is 13.5 Å². The highest BCUT2D eigenvalue weighted by molar-refractivity contribution is 7.90. The van der Waals surface area contributed by atoms with Crippen LogP contribution in [0.25, 0.3) is 0 Å². The summed E-state index contributed by atoms with van der Waals surface area (Å²) in [5, 5.41) is 12.9. The molecule has 1 aromatic carbocycles. The van der Waals surface area contributed by atoms with E-state index >= 15 is 0 Å². The molecule has 4 nitrogen and oxygen atoms in total. The van der Waals surface area contributed by atoms with Crippen molar-refractivity contribution in [2.75, 3.05) is 18.6 Å². The molecule has 1 rings (SSSR count). The Bertz CT molecular complexity index is 515. The first-order valence-electron chi connectivity index (χ1n) is 6.39. The topological polar surface area (TPSA) is 66.4 Å². The fourth-order valence-corrected chi connectivity index (χ4v) is 3.19. The van der Waals surface area contributed by atoms with Crippen LogP contribution in [0, 0.1) is 13.8 Å². The molecule has 1 aromatic rings. The first-order valence-corrected chi connectivity index (χ1v) is 8.45. The molecule has 0 aromatic heterocycles. The van der Waals surface area contributed by atoms with Gasteiger partial charge < -0.3 is 10.4 Å². The molecule has 19 heavy (non-hydrogen) atoms. The number of phenolic OH excluding ortho intramolecular Hbond substituents is 1. The Morgan fingerprint density at radius 2 is 1.79 bits per heavy atom. The second-order valence-corrected chi connectivity index (χ2v) is 7.46. The van der Waals surface area contributed by atoms with Crippen LogP contribution in [0.1, 0.15) is 23.6 Å². The van der Waals surface area contributed by atoms with Gasteiger partial charge in [0.1, 0.15) is 15.6 Å². The van der Waals surface area contributed by atoms with E-state index < -0.39 is 9.84 Å². The van der Waals surface area contributed by atoms with Crippen molar-refractivity contribution < 1.29 is 13.5 Å². The Balaban J connectivity index is 2.50. The molecule has 0 saturated heterocycles. The van der Waals surface area contributed by atoms with Gasteiger partial charge in [-0.2, -0.15) is 0 Å². The Hall–Kier alpha value is -1.07. The summed E-state index contributed by atoms with van der Waals surface area (Å²) in [5.74, 6) is 0.503. The number of sulfone groups is 1. The van der Waals surface area contributed by atoms with Gasteiger partial charge in [-0.15, -0.1) is 0 Å². The normalized spacial score (nSPS) is 13.5. The second-order valence-electron chi connectivity index (χ2n) is 5.28. The molecular formula is C14H23NO3S. The molecule has 1 unspecified atom stereocenters. The van der Waals surface area contributed by atoms with Crippen LogP contribution in [-0.2, 0) is 16.3 Å². The van der Waals surface area contributed by atoms with Crippen LogP contribution in [0.15, 0.2) is 12.1 Å². The molecule has 0 saturated carbocycles. The fourth-order valence-electron chi connectivity index (χ4n) is 2.17. The number of benzene rings is 1. The molecule has 108 valence electrons. The highest BCUT2D eigenvalue weighted by Crippen LogP contribution is 2.22. The Labute approximate surface area is 115 Å². The summed E-state index contributed by atoms with van der Waals surface area (Å²) >= 11 is 0. The molecule has 0 aliphatic carbocycles. The molecule has 0 fully saturated rings. The lowest BCUT2D eigenvalue weighted by Crippen LogP contribution is -2.34. The van der Waals surface area contributed by atoms with E-state index in [0.717, 1.165) is 29.7 Å². The largest absolute Gasteiger partial charge is 0.507 e. The Kier molecular flexibility index (Phi) is 5.38. The lowest BCUT2D eigenvalue weighted by molar-refractivity contribution is 0.466. The Morgan fingerprint density at radius 1 is 1.26 bits per heavy atom. The van der Waals surface area contributed by atoms with Gasteiger partial charge in [0.15, 0.2) is 0 Å². The van der Waals surface area contributed by atoms with Crippen molar-refractivity contribution in [2.45, 2.75) is 33.2 Å². The summed E-state index contributed by atoms with van der Waals surface area (Å²) in [6.45, 7) is 6.35. The van der Waals surface area contributed by atoms with Gasteiger partial charge in [-0.3, -0.25) is 0 Å². The average Bonchev–Trinajstić information content (AvgIpc) is 2.23. The number of hydrogen-bond donors (Lipinski definition) is 2. The van der Waals surface area contributed by atoms with E-state index in [1.54, 1.807) is 0 Å². The molecular weight excluding hydrogens is 262 g/mol. The number of phenols is 1. The van der Waals surface area contributed by atoms with E-state index in [1.807, 2.05) is 32.9 Å². The molecule has 0 bridgehead atoms. The molecule has 2 N–H and O–H groups in total. The predicted octanol–water partition coefficient (Wildman–Crippen LogP) is 1.57. The molecule has 0 radical (unpaired) electrons. The van der Waals surface area contributed by atoms with E-state index in [-0.39, 0.29) is 11.8 Å². The molecule has 5 heteroatoms. The number of aryl methyl sites for hydroxylation is 2. The fraction of sp³-hybridized carbons (Fsp3) is 0.571. The van der Waals surface area contributed by atoms with Crippen LogP contribution in [-0.4, -0.2) is 38.1 Å². The summed E-state index contributed by atoms with van der Waals surface area (Å²) in [4.78, 5) is 0. The summed E-state index contributed by atoms with van der Waals surface area (Å²) in [6, 6.07) is 3.88. The van der Waals surface area contributed by atoms with Gasteiger partial charge in [-0.05, 0) is 50.4 Å². The maximum atomic E-state index is 11.1. The first-order chi connectivity index (χ1) is 8.69. The number of aromatic hydroxyl groups is 1. The zero-order valence-electron chi connectivity index (χ0n) is 12.0. The highest BCUT2D eigenvalue weighted by atomic mass is 32.2. The minimum absolute atomic E-state index is 0.0469. The minimum atomic E-state index is -2.93. The van der Waals surface area contributed by atoms with Crippen molar-refractivity contribution in [3.8, 4) is 5.75 Å². The van der Waals surface area contributed by atoms with Gasteiger partial charge >= 0.3 is 0 Å². The van der Waals surface area contributed by atoms with E-state index in [2.05, 4.69) is 5.32 Å². The second kappa shape index (κ2) is 6.39. The van der Waals surface area contributed by atoms with Gasteiger partial charge in [0.05, 0.1) is 5.75 Å². The van der Waals surface area contributed by atoms with Crippen molar-refractivity contribution in [2.24, 2.45) is 0 Å². The molecule has 0 spiro atoms. The van der Waals surface area contributed by atoms with E-state index in [1.165, 1.54) is 6.26 Å². The quantitative estimate of drug-likeness (QED) is 0.832. The molecule has 0 aliphatic heterocycles. The van der Waals surface area contributed by atoms with Gasteiger partial charge in [-0.25, -0.2) is 8.42 Å². The lowest BCUT2D eigenvalue weighted by Gasteiger charge is -2.13. The summed E-state index contributed by atoms with van der Waals surface area (Å²) in [6.07, 6.45) is 2.06. The molecule has 0 amide bonds. The predicted molar refractivity (Wildman–Crippen MR) is 78.5 cm³/mol. The molecule has 1 atom stereocenters. The van der Waals surface area contributed by atoms with Crippen molar-refractivity contribution in [1.29, 1.82) is 0 Å². The van der Waals surface area contributed by atoms with Crippen LogP contribution in [0.2, 0.25) is 0 Å². The standard InChI is InChI=1S/C14H23NO3S/c1-10-7-13(8-11(2)14(10)16)5-6-15-12(3)9-19(4,17)18/h7-8,12,15-16H,5-6,9H2,1-4H3. The highest BCUT2D eigenvalue weighted by Gasteiger charge is 2.09. The van der Waals surface area contributed by atoms with Gasteiger partial charge in [0, 0.05) is 12.3 Å². The maximum absolute atomic E-state index is 11.1.